The van der Waals surface area contributed by atoms with Crippen molar-refractivity contribution < 1.29 is 0 Å². The molecule has 2 aromatic rings. The summed E-state index contributed by atoms with van der Waals surface area (Å²) < 4.78 is 0. The fourth-order valence-corrected chi connectivity index (χ4v) is 4.95. The lowest BCUT2D eigenvalue weighted by Gasteiger charge is -2.21. The van der Waals surface area contributed by atoms with Crippen LogP contribution < -0.4 is 5.32 Å². The van der Waals surface area contributed by atoms with Gasteiger partial charge in [-0.05, 0) is 86.5 Å². The largest absolute Gasteiger partial charge is 0.370 e. The summed E-state index contributed by atoms with van der Waals surface area (Å²) in [5.74, 6) is 2.60. The summed E-state index contributed by atoms with van der Waals surface area (Å²) >= 11 is 6.07. The number of hydrogen-bond acceptors (Lipinski definition) is 3. The molecular weight excluding hydrogens is 366 g/mol. The number of aromatic nitrogens is 2. The molecule has 28 heavy (non-hydrogen) atoms. The summed E-state index contributed by atoms with van der Waals surface area (Å²) in [5.41, 5.74) is 5.36. The van der Waals surface area contributed by atoms with Gasteiger partial charge in [-0.25, -0.2) is 9.97 Å². The second kappa shape index (κ2) is 9.26. The highest BCUT2D eigenvalue weighted by atomic mass is 35.5. The molecule has 1 N–H and O–H groups in total. The summed E-state index contributed by atoms with van der Waals surface area (Å²) in [6.07, 6.45) is 12.1. The lowest BCUT2D eigenvalue weighted by Crippen LogP contribution is -2.16. The fraction of sp³-hybridized carbons (Fsp3) is 0.583. The number of halogens is 1. The number of fused-ring (bicyclic) bond motifs is 2. The van der Waals surface area contributed by atoms with Gasteiger partial charge in [0, 0.05) is 17.9 Å². The average Bonchev–Trinajstić information content (AvgIpc) is 2.89. The van der Waals surface area contributed by atoms with Gasteiger partial charge >= 0.3 is 0 Å². The van der Waals surface area contributed by atoms with Crippen molar-refractivity contribution in [3.05, 3.63) is 51.9 Å². The Bertz CT molecular complexity index is 804. The van der Waals surface area contributed by atoms with Gasteiger partial charge in [-0.15, -0.1) is 0 Å². The van der Waals surface area contributed by atoms with E-state index in [4.69, 9.17) is 16.6 Å². The molecule has 0 saturated heterocycles. The van der Waals surface area contributed by atoms with Gasteiger partial charge in [0.25, 0.3) is 0 Å². The zero-order valence-electron chi connectivity index (χ0n) is 17.0. The molecule has 2 atom stereocenters. The molecule has 0 bridgehead atoms. The molecule has 2 heterocycles. The average molecular weight is 398 g/mol. The van der Waals surface area contributed by atoms with Crippen molar-refractivity contribution in [3.63, 3.8) is 0 Å². The van der Waals surface area contributed by atoms with Gasteiger partial charge in [0.15, 0.2) is 0 Å². The summed E-state index contributed by atoms with van der Waals surface area (Å²) in [6.45, 7) is 3.32. The van der Waals surface area contributed by atoms with Crippen LogP contribution in [0.15, 0.2) is 24.3 Å². The number of anilines is 1. The van der Waals surface area contributed by atoms with Gasteiger partial charge in [0.2, 0.25) is 0 Å². The van der Waals surface area contributed by atoms with Crippen molar-refractivity contribution in [1.29, 1.82) is 0 Å². The first kappa shape index (κ1) is 19.7. The lowest BCUT2D eigenvalue weighted by molar-refractivity contribution is 0.413. The van der Waals surface area contributed by atoms with Gasteiger partial charge in [0.1, 0.15) is 11.0 Å². The third-order valence-corrected chi connectivity index (χ3v) is 6.92. The van der Waals surface area contributed by atoms with Crippen molar-refractivity contribution >= 4 is 17.4 Å². The third kappa shape index (κ3) is 4.86. The highest BCUT2D eigenvalue weighted by Crippen LogP contribution is 2.27. The van der Waals surface area contributed by atoms with E-state index >= 15 is 0 Å². The first-order valence-corrected chi connectivity index (χ1v) is 11.5. The van der Waals surface area contributed by atoms with E-state index in [0.29, 0.717) is 11.1 Å². The Morgan fingerprint density at radius 1 is 0.857 bits per heavy atom. The summed E-state index contributed by atoms with van der Waals surface area (Å²) in [4.78, 5) is 9.52. The zero-order chi connectivity index (χ0) is 19.3. The first-order chi connectivity index (χ1) is 13.7. The lowest BCUT2D eigenvalue weighted by atomic mass is 9.88. The highest BCUT2D eigenvalue weighted by Gasteiger charge is 2.18. The van der Waals surface area contributed by atoms with Crippen LogP contribution >= 0.6 is 11.6 Å². The Balaban J connectivity index is 1.35. The quantitative estimate of drug-likeness (QED) is 0.505. The predicted molar refractivity (Wildman–Crippen MR) is 117 cm³/mol. The molecule has 4 rings (SSSR count). The molecule has 2 aliphatic rings. The Morgan fingerprint density at radius 2 is 1.57 bits per heavy atom. The molecule has 0 fully saturated rings. The number of pyridine rings is 2. The van der Waals surface area contributed by atoms with E-state index in [-0.39, 0.29) is 0 Å². The molecule has 0 aliphatic heterocycles. The van der Waals surface area contributed by atoms with Crippen molar-refractivity contribution in [2.45, 2.75) is 71.1 Å². The van der Waals surface area contributed by atoms with Crippen LogP contribution in [0, 0.1) is 11.8 Å². The topological polar surface area (TPSA) is 37.8 Å². The van der Waals surface area contributed by atoms with E-state index in [0.717, 1.165) is 44.0 Å². The van der Waals surface area contributed by atoms with Gasteiger partial charge < -0.3 is 5.32 Å². The van der Waals surface area contributed by atoms with Crippen LogP contribution in [0.4, 0.5) is 5.82 Å². The second-order valence-electron chi connectivity index (χ2n) is 8.57. The molecule has 4 heteroatoms. The molecular formula is C24H32ClN3. The number of nitrogens with zero attached hydrogens (tertiary/aromatic N) is 2. The Kier molecular flexibility index (Phi) is 6.51. The fourth-order valence-electron chi connectivity index (χ4n) is 4.79. The van der Waals surface area contributed by atoms with Gasteiger partial charge in [-0.1, -0.05) is 43.5 Å². The minimum atomic E-state index is 0.616. The Labute approximate surface area is 174 Å². The van der Waals surface area contributed by atoms with Crippen LogP contribution in [0.3, 0.4) is 0 Å². The summed E-state index contributed by atoms with van der Waals surface area (Å²) in [7, 11) is 0. The maximum atomic E-state index is 6.07. The Hall–Kier alpha value is -1.61. The normalized spacial score (nSPS) is 22.4. The number of hydrogen-bond donors (Lipinski definition) is 1. The van der Waals surface area contributed by atoms with Crippen LogP contribution in [-0.4, -0.2) is 16.5 Å². The monoisotopic (exact) mass is 397 g/mol. The van der Waals surface area contributed by atoms with Crippen LogP contribution in [0.5, 0.6) is 0 Å². The molecule has 0 radical (unpaired) electrons. The second-order valence-corrected chi connectivity index (χ2v) is 8.96. The molecule has 2 unspecified atom stereocenters. The van der Waals surface area contributed by atoms with Crippen molar-refractivity contribution in [3.8, 4) is 0 Å². The van der Waals surface area contributed by atoms with E-state index in [1.807, 2.05) is 6.07 Å². The van der Waals surface area contributed by atoms with E-state index < -0.39 is 0 Å². The maximum Gasteiger partial charge on any atom is 0.129 e. The smallest absolute Gasteiger partial charge is 0.129 e. The third-order valence-electron chi connectivity index (χ3n) is 6.71. The first-order valence-electron chi connectivity index (χ1n) is 11.1. The van der Waals surface area contributed by atoms with E-state index in [9.17, 15) is 0 Å². The van der Waals surface area contributed by atoms with Crippen molar-refractivity contribution in [2.75, 3.05) is 11.9 Å². The molecule has 0 saturated carbocycles. The van der Waals surface area contributed by atoms with Gasteiger partial charge in [-0.2, -0.15) is 0 Å². The van der Waals surface area contributed by atoms with Crippen LogP contribution in [0.25, 0.3) is 0 Å². The number of nitrogens with one attached hydrogen (secondary N) is 1. The molecule has 2 aliphatic carbocycles. The summed E-state index contributed by atoms with van der Waals surface area (Å²) in [6, 6.07) is 8.58. The van der Waals surface area contributed by atoms with E-state index in [2.05, 4.69) is 35.4 Å². The highest BCUT2D eigenvalue weighted by molar-refractivity contribution is 6.29. The molecule has 0 aromatic carbocycles. The zero-order valence-corrected chi connectivity index (χ0v) is 17.8. The van der Waals surface area contributed by atoms with E-state index in [1.165, 1.54) is 61.0 Å². The van der Waals surface area contributed by atoms with Crippen LogP contribution in [0.2, 0.25) is 5.15 Å². The molecule has 0 spiro atoms. The predicted octanol–water partition coefficient (Wildman–Crippen LogP) is 6.03. The minimum Gasteiger partial charge on any atom is -0.370 e. The van der Waals surface area contributed by atoms with Gasteiger partial charge in [0.05, 0.1) is 0 Å². The van der Waals surface area contributed by atoms with Crippen molar-refractivity contribution in [2.24, 2.45) is 11.8 Å². The minimum absolute atomic E-state index is 0.616. The standard InChI is InChI=1S/C24H32ClN3/c1-2-17-4-3-5-21-20(9-6-17)12-15-24(28-21)26-16-18-7-10-19-11-14-23(25)27-22(19)13-8-18/h11-12,14-15,17-18H,2-10,13,16H2,1H3,(H,26,28). The van der Waals surface area contributed by atoms with Crippen LogP contribution in [-0.2, 0) is 25.7 Å². The summed E-state index contributed by atoms with van der Waals surface area (Å²) in [5, 5.41) is 4.25. The van der Waals surface area contributed by atoms with E-state index in [1.54, 1.807) is 0 Å². The molecule has 3 nitrogen and oxygen atoms in total. The molecule has 0 amide bonds. The van der Waals surface area contributed by atoms with Gasteiger partial charge in [-0.3, -0.25) is 0 Å². The SMILES string of the molecule is CCC1CCCc2nc(NCC3CCc4ccc(Cl)nc4CC3)ccc2CC1. The van der Waals surface area contributed by atoms with Crippen LogP contribution in [0.1, 0.15) is 68.0 Å². The number of rotatable bonds is 4. The molecule has 150 valence electrons. The maximum absolute atomic E-state index is 6.07. The Morgan fingerprint density at radius 3 is 2.39 bits per heavy atom. The molecule has 2 aromatic heterocycles. The van der Waals surface area contributed by atoms with Crippen molar-refractivity contribution in [1.82, 2.24) is 9.97 Å². The number of aryl methyl sites for hydroxylation is 4.